The number of amides is 1. The fourth-order valence-electron chi connectivity index (χ4n) is 3.13. The molecule has 21 heavy (non-hydrogen) atoms. The maximum atomic E-state index is 12.5. The molecule has 0 radical (unpaired) electrons. The Morgan fingerprint density at radius 1 is 1.43 bits per heavy atom. The number of nitrogens with zero attached hydrogens (tertiary/aromatic N) is 1. The van der Waals surface area contributed by atoms with E-state index in [0.717, 1.165) is 12.0 Å². The Morgan fingerprint density at radius 3 is 2.81 bits per heavy atom. The molecule has 2 aliphatic rings. The molecular weight excluding hydrogens is 290 g/mol. The standard InChI is InChI=1S/C16H18ClNO3/c1-16(15(20)21)5-6-18(9-16)14(19)13-8-12(13)10-3-2-4-11(17)7-10/h2-4,7,12-13H,5-6,8-9H2,1H3,(H,20,21)/t12-,13-,16+/m1/s1. The van der Waals surface area contributed by atoms with E-state index in [1.807, 2.05) is 24.3 Å². The maximum Gasteiger partial charge on any atom is 0.311 e. The molecule has 1 heterocycles. The van der Waals surface area contributed by atoms with Crippen LogP contribution in [0.5, 0.6) is 0 Å². The van der Waals surface area contributed by atoms with Crippen molar-refractivity contribution in [3.8, 4) is 0 Å². The topological polar surface area (TPSA) is 57.6 Å². The minimum atomic E-state index is -0.819. The zero-order valence-corrected chi connectivity index (χ0v) is 12.6. The molecule has 5 heteroatoms. The number of carboxylic acid groups (broad SMARTS) is 1. The van der Waals surface area contributed by atoms with Crippen molar-refractivity contribution in [2.75, 3.05) is 13.1 Å². The number of aliphatic carboxylic acids is 1. The predicted octanol–water partition coefficient (Wildman–Crippen LogP) is 2.77. The van der Waals surface area contributed by atoms with Gasteiger partial charge >= 0.3 is 5.97 Å². The molecule has 1 aromatic rings. The maximum absolute atomic E-state index is 12.5. The van der Waals surface area contributed by atoms with Crippen molar-refractivity contribution in [1.29, 1.82) is 0 Å². The summed E-state index contributed by atoms with van der Waals surface area (Å²) in [5.41, 5.74) is 0.303. The Kier molecular flexibility index (Phi) is 3.44. The van der Waals surface area contributed by atoms with Gasteiger partial charge in [0.1, 0.15) is 0 Å². The number of hydrogen-bond donors (Lipinski definition) is 1. The highest BCUT2D eigenvalue weighted by Gasteiger charge is 2.49. The summed E-state index contributed by atoms with van der Waals surface area (Å²) >= 11 is 5.98. The molecule has 112 valence electrons. The number of halogens is 1. The molecule has 1 aromatic carbocycles. The summed E-state index contributed by atoms with van der Waals surface area (Å²) < 4.78 is 0. The molecule has 3 atom stereocenters. The third-order valence-electron chi connectivity index (χ3n) is 4.69. The van der Waals surface area contributed by atoms with E-state index in [2.05, 4.69) is 0 Å². The van der Waals surface area contributed by atoms with Crippen molar-refractivity contribution in [2.24, 2.45) is 11.3 Å². The first kappa shape index (κ1) is 14.4. The van der Waals surface area contributed by atoms with Gasteiger partial charge in [-0.1, -0.05) is 23.7 Å². The van der Waals surface area contributed by atoms with Gasteiger partial charge in [0.05, 0.1) is 5.41 Å². The quantitative estimate of drug-likeness (QED) is 0.934. The van der Waals surface area contributed by atoms with Crippen molar-refractivity contribution in [3.05, 3.63) is 34.9 Å². The first-order chi connectivity index (χ1) is 9.90. The molecule has 0 bridgehead atoms. The Hall–Kier alpha value is -1.55. The number of hydrogen-bond acceptors (Lipinski definition) is 2. The molecule has 1 amide bonds. The van der Waals surface area contributed by atoms with Crippen molar-refractivity contribution in [1.82, 2.24) is 4.90 Å². The molecule has 3 rings (SSSR count). The summed E-state index contributed by atoms with van der Waals surface area (Å²) in [4.78, 5) is 25.4. The second-order valence-corrected chi connectivity index (χ2v) is 6.82. The van der Waals surface area contributed by atoms with Crippen LogP contribution in [0.4, 0.5) is 0 Å². The van der Waals surface area contributed by atoms with Crippen LogP contribution in [0.25, 0.3) is 0 Å². The van der Waals surface area contributed by atoms with E-state index < -0.39 is 11.4 Å². The van der Waals surface area contributed by atoms with Crippen molar-refractivity contribution in [3.63, 3.8) is 0 Å². The monoisotopic (exact) mass is 307 g/mol. The van der Waals surface area contributed by atoms with Gasteiger partial charge in [-0.15, -0.1) is 0 Å². The van der Waals surface area contributed by atoms with E-state index in [0.29, 0.717) is 24.5 Å². The molecule has 1 N–H and O–H groups in total. The van der Waals surface area contributed by atoms with Gasteiger partial charge < -0.3 is 10.0 Å². The highest BCUT2D eigenvalue weighted by Crippen LogP contribution is 2.49. The Labute approximate surface area is 128 Å². The lowest BCUT2D eigenvalue weighted by Gasteiger charge is -2.20. The average molecular weight is 308 g/mol. The third-order valence-corrected chi connectivity index (χ3v) is 4.92. The van der Waals surface area contributed by atoms with E-state index in [-0.39, 0.29) is 17.7 Å². The lowest BCUT2D eigenvalue weighted by molar-refractivity contribution is -0.147. The van der Waals surface area contributed by atoms with Crippen LogP contribution < -0.4 is 0 Å². The summed E-state index contributed by atoms with van der Waals surface area (Å²) in [7, 11) is 0. The minimum absolute atomic E-state index is 0.0142. The fourth-order valence-corrected chi connectivity index (χ4v) is 3.33. The first-order valence-electron chi connectivity index (χ1n) is 7.18. The molecule has 1 aliphatic heterocycles. The van der Waals surface area contributed by atoms with E-state index in [9.17, 15) is 14.7 Å². The number of carbonyl (C=O) groups excluding carboxylic acids is 1. The van der Waals surface area contributed by atoms with Crippen LogP contribution in [0.2, 0.25) is 5.02 Å². The van der Waals surface area contributed by atoms with E-state index in [4.69, 9.17) is 11.6 Å². The van der Waals surface area contributed by atoms with Gasteiger partial charge in [-0.2, -0.15) is 0 Å². The second kappa shape index (κ2) is 5.02. The Morgan fingerprint density at radius 2 is 2.19 bits per heavy atom. The molecule has 1 saturated heterocycles. The van der Waals surface area contributed by atoms with Crippen LogP contribution >= 0.6 is 11.6 Å². The number of carbonyl (C=O) groups is 2. The van der Waals surface area contributed by atoms with Crippen LogP contribution in [-0.4, -0.2) is 35.0 Å². The van der Waals surface area contributed by atoms with Crippen LogP contribution in [0.3, 0.4) is 0 Å². The van der Waals surface area contributed by atoms with Crippen molar-refractivity contribution < 1.29 is 14.7 Å². The van der Waals surface area contributed by atoms with Crippen molar-refractivity contribution in [2.45, 2.75) is 25.7 Å². The number of likely N-dealkylation sites (tertiary alicyclic amines) is 1. The lowest BCUT2D eigenvalue weighted by atomic mass is 9.90. The Balaban J connectivity index is 1.65. The average Bonchev–Trinajstić information content (AvgIpc) is 3.14. The van der Waals surface area contributed by atoms with E-state index in [1.54, 1.807) is 11.8 Å². The number of carboxylic acids is 1. The second-order valence-electron chi connectivity index (χ2n) is 6.38. The Bertz CT molecular complexity index is 603. The third kappa shape index (κ3) is 2.64. The van der Waals surface area contributed by atoms with Crippen LogP contribution in [0.15, 0.2) is 24.3 Å². The first-order valence-corrected chi connectivity index (χ1v) is 7.56. The van der Waals surface area contributed by atoms with Gasteiger partial charge in [-0.25, -0.2) is 0 Å². The molecule has 2 fully saturated rings. The lowest BCUT2D eigenvalue weighted by Crippen LogP contribution is -2.35. The number of benzene rings is 1. The van der Waals surface area contributed by atoms with Crippen LogP contribution in [-0.2, 0) is 9.59 Å². The van der Waals surface area contributed by atoms with Gasteiger partial charge in [0.25, 0.3) is 0 Å². The van der Waals surface area contributed by atoms with Gasteiger partial charge in [0, 0.05) is 24.0 Å². The van der Waals surface area contributed by atoms with E-state index in [1.165, 1.54) is 0 Å². The summed E-state index contributed by atoms with van der Waals surface area (Å²) in [6.45, 7) is 2.57. The zero-order valence-electron chi connectivity index (χ0n) is 11.9. The van der Waals surface area contributed by atoms with Crippen molar-refractivity contribution >= 4 is 23.5 Å². The summed E-state index contributed by atoms with van der Waals surface area (Å²) in [6.07, 6.45) is 1.36. The van der Waals surface area contributed by atoms with Gasteiger partial charge in [-0.3, -0.25) is 9.59 Å². The molecule has 4 nitrogen and oxygen atoms in total. The largest absolute Gasteiger partial charge is 0.481 e. The predicted molar refractivity (Wildman–Crippen MR) is 79.2 cm³/mol. The highest BCUT2D eigenvalue weighted by molar-refractivity contribution is 6.30. The van der Waals surface area contributed by atoms with Gasteiger partial charge in [0.2, 0.25) is 5.91 Å². The molecule has 0 unspecified atom stereocenters. The molecule has 0 spiro atoms. The van der Waals surface area contributed by atoms with Crippen LogP contribution in [0, 0.1) is 11.3 Å². The normalized spacial score (nSPS) is 31.2. The van der Waals surface area contributed by atoms with E-state index >= 15 is 0 Å². The SMILES string of the molecule is C[C@]1(C(=O)O)CCN(C(=O)[C@@H]2C[C@@H]2c2cccc(Cl)c2)C1. The van der Waals surface area contributed by atoms with Gasteiger partial charge in [0.15, 0.2) is 0 Å². The fraction of sp³-hybridized carbons (Fsp3) is 0.500. The number of rotatable bonds is 3. The smallest absolute Gasteiger partial charge is 0.311 e. The molecule has 1 saturated carbocycles. The summed E-state index contributed by atoms with van der Waals surface area (Å²) in [6, 6.07) is 7.62. The molecular formula is C16H18ClNO3. The van der Waals surface area contributed by atoms with Gasteiger partial charge in [-0.05, 0) is 43.4 Å². The molecule has 1 aliphatic carbocycles. The molecule has 0 aromatic heterocycles. The summed E-state index contributed by atoms with van der Waals surface area (Å²) in [5.74, 6) is -0.516. The zero-order chi connectivity index (χ0) is 15.2. The van der Waals surface area contributed by atoms with Crippen LogP contribution in [0.1, 0.15) is 31.2 Å². The highest BCUT2D eigenvalue weighted by atomic mass is 35.5. The summed E-state index contributed by atoms with van der Waals surface area (Å²) in [5, 5.41) is 9.92. The minimum Gasteiger partial charge on any atom is -0.481 e.